The van der Waals surface area contributed by atoms with Crippen LogP contribution in [0.1, 0.15) is 27.4 Å². The van der Waals surface area contributed by atoms with Crippen LogP contribution in [0.15, 0.2) is 51.5 Å². The van der Waals surface area contributed by atoms with Crippen LogP contribution in [0.5, 0.6) is 5.75 Å². The first kappa shape index (κ1) is 24.5. The standard InChI is InChI=1S/C23H15BrF5N3O3/c1-11-2-4-12(5-3-11)8-32-9-14(24)22(31-32)30-23(33)15-7-6-13(35-15)10-34-21-19(28)17(26)16(25)18(27)20(21)29/h2-7,9H,8,10H2,1H3,(H,30,31,33). The molecule has 0 radical (unpaired) electrons. The van der Waals surface area contributed by atoms with Gasteiger partial charge in [0.25, 0.3) is 5.91 Å². The molecule has 12 heteroatoms. The maximum absolute atomic E-state index is 13.7. The number of hydrogen-bond acceptors (Lipinski definition) is 4. The van der Waals surface area contributed by atoms with Crippen LogP contribution in [0.3, 0.4) is 0 Å². The number of furan rings is 1. The molecule has 0 fully saturated rings. The fourth-order valence-electron chi connectivity index (χ4n) is 3.04. The summed E-state index contributed by atoms with van der Waals surface area (Å²) in [6.07, 6.45) is 1.68. The van der Waals surface area contributed by atoms with Gasteiger partial charge in [-0.2, -0.15) is 13.9 Å². The zero-order valence-electron chi connectivity index (χ0n) is 17.8. The quantitative estimate of drug-likeness (QED) is 0.169. The number of carbonyl (C=O) groups is 1. The number of nitrogens with one attached hydrogen (secondary N) is 1. The molecule has 1 amide bonds. The van der Waals surface area contributed by atoms with Gasteiger partial charge in [-0.05, 0) is 40.5 Å². The van der Waals surface area contributed by atoms with E-state index in [0.29, 0.717) is 11.0 Å². The van der Waals surface area contributed by atoms with Crippen molar-refractivity contribution in [1.29, 1.82) is 0 Å². The van der Waals surface area contributed by atoms with Gasteiger partial charge in [-0.3, -0.25) is 9.48 Å². The molecule has 0 aliphatic rings. The number of nitrogens with zero attached hydrogens (tertiary/aromatic N) is 2. The normalized spacial score (nSPS) is 11.1. The summed E-state index contributed by atoms with van der Waals surface area (Å²) in [7, 11) is 0. The topological polar surface area (TPSA) is 69.3 Å². The van der Waals surface area contributed by atoms with Crippen LogP contribution in [0.25, 0.3) is 0 Å². The van der Waals surface area contributed by atoms with E-state index in [4.69, 9.17) is 9.15 Å². The summed E-state index contributed by atoms with van der Waals surface area (Å²) in [5.41, 5.74) is 2.13. The average Bonchev–Trinajstić information content (AvgIpc) is 3.44. The van der Waals surface area contributed by atoms with E-state index in [-0.39, 0.29) is 17.3 Å². The Kier molecular flexibility index (Phi) is 6.92. The number of halogens is 6. The number of benzene rings is 2. The molecule has 4 aromatic rings. The molecule has 0 atom stereocenters. The molecular formula is C23H15BrF5N3O3. The molecule has 0 bridgehead atoms. The predicted molar refractivity (Wildman–Crippen MR) is 117 cm³/mol. The lowest BCUT2D eigenvalue weighted by molar-refractivity contribution is 0.0991. The van der Waals surface area contributed by atoms with Gasteiger partial charge in [-0.1, -0.05) is 29.8 Å². The number of rotatable bonds is 7. The summed E-state index contributed by atoms with van der Waals surface area (Å²) in [5, 5.41) is 6.86. The number of ether oxygens (including phenoxy) is 1. The lowest BCUT2D eigenvalue weighted by Gasteiger charge is -2.09. The minimum absolute atomic E-state index is 0.0944. The van der Waals surface area contributed by atoms with Crippen molar-refractivity contribution in [3.05, 3.63) is 98.8 Å². The Morgan fingerprint density at radius 3 is 2.29 bits per heavy atom. The first-order valence-corrected chi connectivity index (χ1v) is 10.8. The zero-order chi connectivity index (χ0) is 25.3. The van der Waals surface area contributed by atoms with Crippen LogP contribution >= 0.6 is 15.9 Å². The van der Waals surface area contributed by atoms with Crippen LogP contribution < -0.4 is 10.1 Å². The molecule has 0 aliphatic heterocycles. The zero-order valence-corrected chi connectivity index (χ0v) is 19.4. The average molecular weight is 556 g/mol. The maximum atomic E-state index is 13.7. The van der Waals surface area contributed by atoms with Crippen LogP contribution in [-0.2, 0) is 13.2 Å². The van der Waals surface area contributed by atoms with Crippen molar-refractivity contribution < 1.29 is 35.9 Å². The largest absolute Gasteiger partial charge is 0.479 e. The van der Waals surface area contributed by atoms with E-state index in [1.54, 1.807) is 10.9 Å². The lowest BCUT2D eigenvalue weighted by Crippen LogP contribution is -2.12. The SMILES string of the molecule is Cc1ccc(Cn2cc(Br)c(NC(=O)c3ccc(COc4c(F)c(F)c(F)c(F)c4F)o3)n2)cc1. The number of amides is 1. The molecular weight excluding hydrogens is 541 g/mol. The Hall–Kier alpha value is -3.67. The molecule has 2 aromatic carbocycles. The summed E-state index contributed by atoms with van der Waals surface area (Å²) in [5.74, 6) is -13.0. The van der Waals surface area contributed by atoms with Gasteiger partial charge in [-0.25, -0.2) is 13.2 Å². The maximum Gasteiger partial charge on any atom is 0.292 e. The van der Waals surface area contributed by atoms with E-state index >= 15 is 0 Å². The fraction of sp³-hybridized carbons (Fsp3) is 0.130. The minimum atomic E-state index is -2.29. The monoisotopic (exact) mass is 555 g/mol. The predicted octanol–water partition coefficient (Wildman–Crippen LogP) is 6.12. The van der Waals surface area contributed by atoms with Gasteiger partial charge in [0.2, 0.25) is 29.1 Å². The highest BCUT2D eigenvalue weighted by Gasteiger charge is 2.27. The Morgan fingerprint density at radius 1 is 1.00 bits per heavy atom. The molecule has 4 rings (SSSR count). The molecule has 182 valence electrons. The first-order chi connectivity index (χ1) is 16.6. The molecule has 0 saturated carbocycles. The molecule has 0 unspecified atom stereocenters. The van der Waals surface area contributed by atoms with Crippen molar-refractivity contribution in [2.75, 3.05) is 5.32 Å². The van der Waals surface area contributed by atoms with E-state index in [1.165, 1.54) is 12.1 Å². The Labute approximate surface area is 203 Å². The first-order valence-electron chi connectivity index (χ1n) is 9.96. The Morgan fingerprint density at radius 2 is 1.63 bits per heavy atom. The highest BCUT2D eigenvalue weighted by Crippen LogP contribution is 2.30. The van der Waals surface area contributed by atoms with Crippen molar-refractivity contribution in [3.8, 4) is 5.75 Å². The van der Waals surface area contributed by atoms with Gasteiger partial charge < -0.3 is 14.5 Å². The molecule has 0 spiro atoms. The van der Waals surface area contributed by atoms with Crippen molar-refractivity contribution in [3.63, 3.8) is 0 Å². The smallest absolute Gasteiger partial charge is 0.292 e. The molecule has 2 heterocycles. The number of carbonyl (C=O) groups excluding carboxylic acids is 1. The Balaban J connectivity index is 1.41. The van der Waals surface area contributed by atoms with Crippen LogP contribution in [0, 0.1) is 36.0 Å². The second-order valence-corrected chi connectivity index (χ2v) is 8.27. The summed E-state index contributed by atoms with van der Waals surface area (Å²) >= 11 is 3.32. The summed E-state index contributed by atoms with van der Waals surface area (Å²) in [6.45, 7) is 1.75. The molecule has 35 heavy (non-hydrogen) atoms. The molecule has 0 aliphatic carbocycles. The second kappa shape index (κ2) is 9.90. The van der Waals surface area contributed by atoms with Gasteiger partial charge in [0.05, 0.1) is 11.0 Å². The number of anilines is 1. The summed E-state index contributed by atoms with van der Waals surface area (Å²) < 4.78 is 79.3. The van der Waals surface area contributed by atoms with Gasteiger partial charge in [0.15, 0.2) is 17.3 Å². The third-order valence-electron chi connectivity index (χ3n) is 4.83. The fourth-order valence-corrected chi connectivity index (χ4v) is 3.46. The van der Waals surface area contributed by atoms with Crippen molar-refractivity contribution in [2.45, 2.75) is 20.1 Å². The van der Waals surface area contributed by atoms with Gasteiger partial charge in [0, 0.05) is 6.20 Å². The van der Waals surface area contributed by atoms with E-state index in [2.05, 4.69) is 26.3 Å². The molecule has 2 aromatic heterocycles. The van der Waals surface area contributed by atoms with Gasteiger partial charge in [0.1, 0.15) is 12.4 Å². The highest BCUT2D eigenvalue weighted by atomic mass is 79.9. The Bertz CT molecular complexity index is 1370. The third-order valence-corrected chi connectivity index (χ3v) is 5.41. The number of aromatic nitrogens is 2. The van der Waals surface area contributed by atoms with Crippen molar-refractivity contribution in [1.82, 2.24) is 9.78 Å². The summed E-state index contributed by atoms with van der Waals surface area (Å²) in [4.78, 5) is 12.5. The van der Waals surface area contributed by atoms with E-state index in [0.717, 1.165) is 11.1 Å². The van der Waals surface area contributed by atoms with Crippen LogP contribution in [-0.4, -0.2) is 15.7 Å². The van der Waals surface area contributed by atoms with Gasteiger partial charge >= 0.3 is 0 Å². The number of aryl methyl sites for hydroxylation is 1. The van der Waals surface area contributed by atoms with E-state index in [9.17, 15) is 26.7 Å². The van der Waals surface area contributed by atoms with Crippen molar-refractivity contribution >= 4 is 27.7 Å². The van der Waals surface area contributed by atoms with Crippen molar-refractivity contribution in [2.24, 2.45) is 0 Å². The van der Waals surface area contributed by atoms with Crippen LogP contribution in [0.2, 0.25) is 0 Å². The highest BCUT2D eigenvalue weighted by molar-refractivity contribution is 9.10. The molecule has 1 N–H and O–H groups in total. The van der Waals surface area contributed by atoms with Gasteiger partial charge in [-0.15, -0.1) is 0 Å². The summed E-state index contributed by atoms with van der Waals surface area (Å²) in [6, 6.07) is 10.4. The molecule has 0 saturated heterocycles. The van der Waals surface area contributed by atoms with Crippen LogP contribution in [0.4, 0.5) is 27.8 Å². The number of hydrogen-bond donors (Lipinski definition) is 1. The second-order valence-electron chi connectivity index (χ2n) is 7.42. The lowest BCUT2D eigenvalue weighted by atomic mass is 10.1. The minimum Gasteiger partial charge on any atom is -0.479 e. The molecule has 6 nitrogen and oxygen atoms in total. The van der Waals surface area contributed by atoms with E-state index in [1.807, 2.05) is 31.2 Å². The van der Waals surface area contributed by atoms with E-state index < -0.39 is 47.3 Å². The third kappa shape index (κ3) is 5.21.